The minimum atomic E-state index is -0.471. The number of carbonyl (C=O) groups excluding carboxylic acids is 1. The Kier molecular flexibility index (Phi) is 4.99. The molecule has 0 bridgehead atoms. The van der Waals surface area contributed by atoms with Crippen molar-refractivity contribution in [3.63, 3.8) is 0 Å². The predicted molar refractivity (Wildman–Crippen MR) is 124 cm³/mol. The van der Waals surface area contributed by atoms with Crippen molar-refractivity contribution < 1.29 is 18.5 Å². The number of para-hydroxylation sites is 1. The number of nitrogens with zero attached hydrogens (tertiary/aromatic N) is 1. The molecule has 0 aliphatic heterocycles. The molecule has 0 radical (unpaired) electrons. The van der Waals surface area contributed by atoms with Crippen molar-refractivity contribution >= 4 is 44.2 Å². The van der Waals surface area contributed by atoms with Crippen molar-refractivity contribution in [2.24, 2.45) is 0 Å². The second-order valence-electron chi connectivity index (χ2n) is 7.20. The number of amides is 1. The first kappa shape index (κ1) is 20.0. The number of hydrogen-bond donors (Lipinski definition) is 1. The maximum atomic E-state index is 12.9. The van der Waals surface area contributed by atoms with Gasteiger partial charge in [0.15, 0.2) is 0 Å². The Morgan fingerprint density at radius 2 is 1.97 bits per heavy atom. The first-order valence-corrected chi connectivity index (χ1v) is 10.8. The van der Waals surface area contributed by atoms with Gasteiger partial charge in [-0.3, -0.25) is 10.1 Å². The fourth-order valence-electron chi connectivity index (χ4n) is 3.51. The molecule has 3 heterocycles. The molecule has 8 heteroatoms. The molecule has 0 aliphatic rings. The van der Waals surface area contributed by atoms with Gasteiger partial charge in [0, 0.05) is 17.0 Å². The molecule has 0 saturated heterocycles. The number of nitrogens with one attached hydrogen (secondary N) is 1. The predicted octanol–water partition coefficient (Wildman–Crippen LogP) is 5.62. The molecule has 160 valence electrons. The van der Waals surface area contributed by atoms with E-state index in [9.17, 15) is 9.59 Å². The average Bonchev–Trinajstić information content (AvgIpc) is 3.43. The van der Waals surface area contributed by atoms with Crippen LogP contribution in [0.2, 0.25) is 0 Å². The summed E-state index contributed by atoms with van der Waals surface area (Å²) < 4.78 is 17.1. The normalized spacial score (nSPS) is 11.2. The number of fused-ring (bicyclic) bond motifs is 3. The van der Waals surface area contributed by atoms with E-state index < -0.39 is 11.5 Å². The zero-order chi connectivity index (χ0) is 22.2. The summed E-state index contributed by atoms with van der Waals surface area (Å²) in [6.07, 6.45) is 0. The van der Waals surface area contributed by atoms with Crippen LogP contribution in [0.4, 0.5) is 5.88 Å². The van der Waals surface area contributed by atoms with Gasteiger partial charge in [-0.2, -0.15) is 0 Å². The fourth-order valence-corrected chi connectivity index (χ4v) is 4.58. The summed E-state index contributed by atoms with van der Waals surface area (Å²) in [5, 5.41) is 7.94. The van der Waals surface area contributed by atoms with Gasteiger partial charge >= 0.3 is 5.63 Å². The first-order chi connectivity index (χ1) is 15.5. The van der Waals surface area contributed by atoms with Crippen LogP contribution in [0.1, 0.15) is 22.2 Å². The lowest BCUT2D eigenvalue weighted by Crippen LogP contribution is -2.09. The topological polar surface area (TPSA) is 94.6 Å². The Morgan fingerprint density at radius 1 is 1.12 bits per heavy atom. The van der Waals surface area contributed by atoms with E-state index in [1.165, 1.54) is 11.3 Å². The van der Waals surface area contributed by atoms with E-state index in [0.717, 1.165) is 16.5 Å². The lowest BCUT2D eigenvalue weighted by atomic mass is 10.1. The zero-order valence-corrected chi connectivity index (χ0v) is 18.1. The Balaban J connectivity index is 1.46. The van der Waals surface area contributed by atoms with Gasteiger partial charge in [-0.05, 0) is 44.2 Å². The molecule has 0 atom stereocenters. The second kappa shape index (κ2) is 7.97. The summed E-state index contributed by atoms with van der Waals surface area (Å²) in [5.41, 5.74) is 2.37. The Morgan fingerprint density at radius 3 is 2.81 bits per heavy atom. The number of thiophene rings is 1. The van der Waals surface area contributed by atoms with E-state index >= 15 is 0 Å². The average molecular weight is 446 g/mol. The number of aromatic nitrogens is 1. The molecule has 3 aromatic heterocycles. The minimum absolute atomic E-state index is 0.196. The number of benzene rings is 2. The third kappa shape index (κ3) is 3.54. The van der Waals surface area contributed by atoms with E-state index in [1.54, 1.807) is 18.2 Å². The molecule has 0 aliphatic carbocycles. The van der Waals surface area contributed by atoms with Crippen LogP contribution in [0.5, 0.6) is 5.75 Å². The summed E-state index contributed by atoms with van der Waals surface area (Å²) in [7, 11) is 0. The van der Waals surface area contributed by atoms with E-state index in [2.05, 4.69) is 10.5 Å². The van der Waals surface area contributed by atoms with Crippen LogP contribution in [0.15, 0.2) is 68.3 Å². The molecule has 32 heavy (non-hydrogen) atoms. The number of carbonyl (C=O) groups is 1. The maximum Gasteiger partial charge on any atom is 0.345 e. The summed E-state index contributed by atoms with van der Waals surface area (Å²) in [5.74, 6) is 0.480. The highest BCUT2D eigenvalue weighted by Crippen LogP contribution is 2.33. The fraction of sp³-hybridized carbons (Fsp3) is 0.125. The second-order valence-corrected chi connectivity index (χ2v) is 8.25. The molecule has 1 N–H and O–H groups in total. The summed E-state index contributed by atoms with van der Waals surface area (Å²) in [4.78, 5) is 25.6. The van der Waals surface area contributed by atoms with Crippen LogP contribution in [-0.4, -0.2) is 17.7 Å². The van der Waals surface area contributed by atoms with Crippen molar-refractivity contribution in [3.05, 3.63) is 75.5 Å². The number of aryl methyl sites for hydroxylation is 1. The van der Waals surface area contributed by atoms with Crippen molar-refractivity contribution in [1.82, 2.24) is 5.16 Å². The van der Waals surface area contributed by atoms with Gasteiger partial charge in [-0.15, -0.1) is 11.3 Å². The lowest BCUT2D eigenvalue weighted by molar-refractivity contribution is 0.102. The third-order valence-electron chi connectivity index (χ3n) is 4.97. The molecule has 5 rings (SSSR count). The van der Waals surface area contributed by atoms with E-state index in [0.29, 0.717) is 38.6 Å². The standard InChI is InChI=1S/C24H18N2O5S/c1-3-29-18-7-5-4-6-14(18)17-12-21(31-26-17)25-23(27)20-11-16-22(32-20)15-10-13(2)8-9-19(15)30-24(16)28/h4-12H,3H2,1-2H3,(H,25,27). The minimum Gasteiger partial charge on any atom is -0.493 e. The van der Waals surface area contributed by atoms with Gasteiger partial charge < -0.3 is 13.7 Å². The van der Waals surface area contributed by atoms with Gasteiger partial charge in [0.05, 0.1) is 21.6 Å². The molecule has 0 spiro atoms. The highest BCUT2D eigenvalue weighted by Gasteiger charge is 2.18. The van der Waals surface area contributed by atoms with Gasteiger partial charge in [-0.1, -0.05) is 28.9 Å². The SMILES string of the molecule is CCOc1ccccc1-c1cc(NC(=O)c2cc3c(=O)oc4ccc(C)cc4c3s2)on1. The smallest absolute Gasteiger partial charge is 0.345 e. The van der Waals surface area contributed by atoms with E-state index in [-0.39, 0.29) is 5.88 Å². The van der Waals surface area contributed by atoms with Gasteiger partial charge in [0.2, 0.25) is 5.88 Å². The molecule has 0 fully saturated rings. The number of ether oxygens (including phenoxy) is 1. The highest BCUT2D eigenvalue weighted by atomic mass is 32.1. The molecule has 0 unspecified atom stereocenters. The van der Waals surface area contributed by atoms with Gasteiger partial charge in [0.25, 0.3) is 5.91 Å². The quantitative estimate of drug-likeness (QED) is 0.352. The Bertz CT molecular complexity index is 1530. The van der Waals surface area contributed by atoms with Crippen LogP contribution in [-0.2, 0) is 0 Å². The van der Waals surface area contributed by atoms with Crippen LogP contribution in [0.25, 0.3) is 32.3 Å². The third-order valence-corrected chi connectivity index (χ3v) is 6.13. The van der Waals surface area contributed by atoms with Gasteiger partial charge in [0.1, 0.15) is 17.0 Å². The maximum absolute atomic E-state index is 12.9. The van der Waals surface area contributed by atoms with Crippen molar-refractivity contribution in [1.29, 1.82) is 0 Å². The van der Waals surface area contributed by atoms with Crippen LogP contribution in [0, 0.1) is 6.92 Å². The molecular formula is C24H18N2O5S. The largest absolute Gasteiger partial charge is 0.493 e. The van der Waals surface area contributed by atoms with Crippen molar-refractivity contribution in [2.75, 3.05) is 11.9 Å². The number of hydrogen-bond acceptors (Lipinski definition) is 7. The van der Waals surface area contributed by atoms with Gasteiger partial charge in [-0.25, -0.2) is 4.79 Å². The summed E-state index contributed by atoms with van der Waals surface area (Å²) in [6.45, 7) is 4.39. The monoisotopic (exact) mass is 446 g/mol. The Hall–Kier alpha value is -3.91. The lowest BCUT2D eigenvalue weighted by Gasteiger charge is -2.06. The molecule has 5 aromatic rings. The molecule has 0 saturated carbocycles. The summed E-state index contributed by atoms with van der Waals surface area (Å²) in [6, 6.07) is 16.2. The Labute approximate surface area is 186 Å². The van der Waals surface area contributed by atoms with Crippen molar-refractivity contribution in [3.8, 4) is 17.0 Å². The van der Waals surface area contributed by atoms with E-state index in [1.807, 2.05) is 50.2 Å². The molecule has 2 aromatic carbocycles. The van der Waals surface area contributed by atoms with Crippen LogP contribution < -0.4 is 15.7 Å². The number of rotatable bonds is 5. The zero-order valence-electron chi connectivity index (χ0n) is 17.3. The molecule has 7 nitrogen and oxygen atoms in total. The van der Waals surface area contributed by atoms with Crippen molar-refractivity contribution in [2.45, 2.75) is 13.8 Å². The van der Waals surface area contributed by atoms with Crippen LogP contribution >= 0.6 is 11.3 Å². The number of anilines is 1. The molecule has 1 amide bonds. The molecular weight excluding hydrogens is 428 g/mol. The first-order valence-electron chi connectivity index (χ1n) is 10.0. The van der Waals surface area contributed by atoms with E-state index in [4.69, 9.17) is 13.7 Å². The van der Waals surface area contributed by atoms with Crippen LogP contribution in [0.3, 0.4) is 0 Å². The highest BCUT2D eigenvalue weighted by molar-refractivity contribution is 7.21. The summed E-state index contributed by atoms with van der Waals surface area (Å²) >= 11 is 1.24.